The van der Waals surface area contributed by atoms with E-state index < -0.39 is 17.7 Å². The summed E-state index contributed by atoms with van der Waals surface area (Å²) in [4.78, 5) is 23.0. The van der Waals surface area contributed by atoms with Gasteiger partial charge in [-0.05, 0) is 70.1 Å². The molecular formula is C38H60F3N3O2. The summed E-state index contributed by atoms with van der Waals surface area (Å²) in [5.41, 5.74) is 1.89. The lowest BCUT2D eigenvalue weighted by atomic mass is 9.75. The van der Waals surface area contributed by atoms with Gasteiger partial charge in [-0.2, -0.15) is 13.2 Å². The van der Waals surface area contributed by atoms with E-state index in [0.29, 0.717) is 38.5 Å². The number of rotatable bonds is 15. The number of carbonyl (C=O) groups is 1. The molecule has 0 aliphatic rings. The van der Waals surface area contributed by atoms with E-state index in [2.05, 4.69) is 28.5 Å². The first-order valence-corrected chi connectivity index (χ1v) is 16.5. The van der Waals surface area contributed by atoms with E-state index in [1.165, 1.54) is 12.2 Å². The highest BCUT2D eigenvalue weighted by molar-refractivity contribution is 6.11. The Labute approximate surface area is 277 Å². The normalized spacial score (nSPS) is 14.0. The Morgan fingerprint density at radius 3 is 2.02 bits per heavy atom. The molecule has 260 valence electrons. The summed E-state index contributed by atoms with van der Waals surface area (Å²) < 4.78 is 41.5. The average Bonchev–Trinajstić information content (AvgIpc) is 3.00. The number of aliphatic imine (C=N–C) groups is 2. The van der Waals surface area contributed by atoms with Crippen molar-refractivity contribution in [1.29, 1.82) is 0 Å². The second kappa shape index (κ2) is 24.1. The largest absolute Gasteiger partial charge is 0.421 e. The smallest absolute Gasteiger partial charge is 0.376 e. The van der Waals surface area contributed by atoms with Crippen molar-refractivity contribution >= 4 is 29.5 Å². The van der Waals surface area contributed by atoms with E-state index in [4.69, 9.17) is 0 Å². The first-order chi connectivity index (χ1) is 21.6. The molecule has 1 aromatic rings. The van der Waals surface area contributed by atoms with Crippen LogP contribution in [-0.4, -0.2) is 47.1 Å². The fourth-order valence-corrected chi connectivity index (χ4v) is 4.36. The molecule has 1 heterocycles. The van der Waals surface area contributed by atoms with Crippen molar-refractivity contribution in [2.75, 3.05) is 7.05 Å². The van der Waals surface area contributed by atoms with Gasteiger partial charge in [0.05, 0.1) is 11.4 Å². The van der Waals surface area contributed by atoms with E-state index in [9.17, 15) is 23.1 Å². The predicted octanol–water partition coefficient (Wildman–Crippen LogP) is 11.2. The fraction of sp³-hybridized carbons (Fsp3) is 0.579. The third-order valence-corrected chi connectivity index (χ3v) is 7.33. The van der Waals surface area contributed by atoms with E-state index >= 15 is 0 Å². The highest BCUT2D eigenvalue weighted by Gasteiger charge is 2.59. The van der Waals surface area contributed by atoms with Crippen LogP contribution >= 0.6 is 0 Å². The molecular weight excluding hydrogens is 587 g/mol. The van der Waals surface area contributed by atoms with Crippen LogP contribution in [0.3, 0.4) is 0 Å². The highest BCUT2D eigenvalue weighted by atomic mass is 19.4. The Hall–Kier alpha value is -3.13. The van der Waals surface area contributed by atoms with Crippen molar-refractivity contribution in [2.24, 2.45) is 21.8 Å². The van der Waals surface area contributed by atoms with Gasteiger partial charge in [0.15, 0.2) is 5.60 Å². The van der Waals surface area contributed by atoms with Crippen molar-refractivity contribution < 1.29 is 23.1 Å². The van der Waals surface area contributed by atoms with Crippen molar-refractivity contribution in [3.05, 3.63) is 65.5 Å². The molecule has 0 saturated carbocycles. The monoisotopic (exact) mass is 647 g/mol. The molecule has 1 N–H and O–H groups in total. The molecule has 1 atom stereocenters. The Bertz CT molecular complexity index is 1190. The molecule has 0 saturated heterocycles. The Morgan fingerprint density at radius 2 is 1.63 bits per heavy atom. The number of aromatic nitrogens is 1. The second-order valence-corrected chi connectivity index (χ2v) is 11.4. The van der Waals surface area contributed by atoms with Crippen LogP contribution in [0, 0.1) is 18.8 Å². The SMILES string of the molecule is C/C=C(\C=NC)c1ccnc(C)c1N=CCC.C=C(/C=C\C(=C/CC)C(O)(C(CCC)CCC)C(F)(F)F)CC.CC(=O)C(C)C. The maximum Gasteiger partial charge on any atom is 0.421 e. The van der Waals surface area contributed by atoms with E-state index in [1.54, 1.807) is 27.0 Å². The van der Waals surface area contributed by atoms with Crippen LogP contribution in [0.25, 0.3) is 5.57 Å². The Morgan fingerprint density at radius 1 is 1.07 bits per heavy atom. The molecule has 0 radical (unpaired) electrons. The van der Waals surface area contributed by atoms with Gasteiger partial charge in [0, 0.05) is 43.1 Å². The zero-order chi connectivity index (χ0) is 35.9. The number of aliphatic hydroxyl groups is 1. The summed E-state index contributed by atoms with van der Waals surface area (Å²) in [6, 6.07) is 1.98. The molecule has 0 spiro atoms. The maximum absolute atomic E-state index is 13.8. The molecule has 0 bridgehead atoms. The quantitative estimate of drug-likeness (QED) is 0.152. The molecule has 0 aliphatic heterocycles. The van der Waals surface area contributed by atoms with Gasteiger partial charge in [0.2, 0.25) is 0 Å². The van der Waals surface area contributed by atoms with Crippen molar-refractivity contribution in [1.82, 2.24) is 4.98 Å². The lowest BCUT2D eigenvalue weighted by molar-refractivity contribution is -0.263. The number of halogens is 3. The number of carbonyl (C=O) groups excluding carboxylic acids is 1. The van der Waals surface area contributed by atoms with Gasteiger partial charge in [-0.25, -0.2) is 0 Å². The van der Waals surface area contributed by atoms with Crippen LogP contribution < -0.4 is 0 Å². The molecule has 1 aromatic heterocycles. The molecule has 8 heteroatoms. The van der Waals surface area contributed by atoms with Gasteiger partial charge in [-0.1, -0.05) is 97.8 Å². The summed E-state index contributed by atoms with van der Waals surface area (Å²) in [6.07, 6.45) is 11.2. The van der Waals surface area contributed by atoms with Crippen LogP contribution in [0.2, 0.25) is 0 Å². The predicted molar refractivity (Wildman–Crippen MR) is 192 cm³/mol. The van der Waals surface area contributed by atoms with Gasteiger partial charge < -0.3 is 5.11 Å². The molecule has 1 rings (SSSR count). The minimum Gasteiger partial charge on any atom is -0.376 e. The number of hydrogen-bond donors (Lipinski definition) is 1. The van der Waals surface area contributed by atoms with Crippen LogP contribution in [0.5, 0.6) is 0 Å². The van der Waals surface area contributed by atoms with Gasteiger partial charge in [0.1, 0.15) is 5.78 Å². The lowest BCUT2D eigenvalue weighted by Gasteiger charge is -2.39. The number of hydrogen-bond acceptors (Lipinski definition) is 5. The summed E-state index contributed by atoms with van der Waals surface area (Å²) in [5.74, 6) is -0.366. The number of ketones is 1. The van der Waals surface area contributed by atoms with E-state index in [0.717, 1.165) is 34.5 Å². The van der Waals surface area contributed by atoms with Crippen molar-refractivity contribution in [3.8, 4) is 0 Å². The number of pyridine rings is 1. The van der Waals surface area contributed by atoms with Gasteiger partial charge in [-0.15, -0.1) is 0 Å². The van der Waals surface area contributed by atoms with Gasteiger partial charge in [0.25, 0.3) is 0 Å². The van der Waals surface area contributed by atoms with E-state index in [-0.39, 0.29) is 17.3 Å². The second-order valence-electron chi connectivity index (χ2n) is 11.4. The highest BCUT2D eigenvalue weighted by Crippen LogP contribution is 2.46. The molecule has 0 aliphatic carbocycles. The lowest BCUT2D eigenvalue weighted by Crippen LogP contribution is -2.52. The first-order valence-electron chi connectivity index (χ1n) is 16.5. The summed E-state index contributed by atoms with van der Waals surface area (Å²) in [6.45, 7) is 22.6. The number of aryl methyl sites for hydroxylation is 1. The first kappa shape index (κ1) is 45.0. The van der Waals surface area contributed by atoms with Crippen LogP contribution in [0.4, 0.5) is 18.9 Å². The summed E-state index contributed by atoms with van der Waals surface area (Å²) in [5, 5.41) is 10.8. The third kappa shape index (κ3) is 15.4. The van der Waals surface area contributed by atoms with Crippen LogP contribution in [0.1, 0.15) is 119 Å². The standard InChI is InChI=1S/C19H31F3O.C14H19N3.C5H10O/c1-6-10-16(11-7-2)18(23,19(20,21)22)17(12-8-3)14-13-15(5)9-4;1-5-8-17-14-11(3)16-9-7-13(14)12(6-2)10-15-4;1-4(2)5(3)6/h12-14,16,23H,5-11H2,1-4H3;6-10H,5H2,1-4H3;4H,1-3H3/b14-13-,17-12+;12-6+,15-10?,17-8?;. The zero-order valence-corrected chi connectivity index (χ0v) is 30.3. The van der Waals surface area contributed by atoms with E-state index in [1.807, 2.05) is 79.2 Å². The molecule has 0 amide bonds. The third-order valence-electron chi connectivity index (χ3n) is 7.33. The maximum atomic E-state index is 13.8. The van der Waals surface area contributed by atoms with Crippen molar-refractivity contribution in [2.45, 2.75) is 126 Å². The number of Topliss-reactive ketones (excluding diaryl/α,β-unsaturated/α-hetero) is 1. The molecule has 0 aromatic carbocycles. The number of alkyl halides is 3. The van der Waals surface area contributed by atoms with Crippen molar-refractivity contribution in [3.63, 3.8) is 0 Å². The average molecular weight is 648 g/mol. The molecule has 0 fully saturated rings. The Balaban J connectivity index is 0. The minimum absolute atomic E-state index is 0.0611. The number of nitrogens with zero attached hydrogens (tertiary/aromatic N) is 3. The number of allylic oxidation sites excluding steroid dienone is 5. The molecule has 1 unspecified atom stereocenters. The zero-order valence-electron chi connectivity index (χ0n) is 30.3. The molecule has 46 heavy (non-hydrogen) atoms. The molecule has 5 nitrogen and oxygen atoms in total. The van der Waals surface area contributed by atoms with Gasteiger partial charge >= 0.3 is 6.18 Å². The van der Waals surface area contributed by atoms with Crippen LogP contribution in [0.15, 0.2) is 64.3 Å². The Kier molecular flexibility index (Phi) is 23.6. The van der Waals surface area contributed by atoms with Gasteiger partial charge in [-0.3, -0.25) is 19.8 Å². The topological polar surface area (TPSA) is 74.9 Å². The minimum atomic E-state index is -4.71. The summed E-state index contributed by atoms with van der Waals surface area (Å²) >= 11 is 0. The van der Waals surface area contributed by atoms with Crippen LogP contribution in [-0.2, 0) is 4.79 Å². The fourth-order valence-electron chi connectivity index (χ4n) is 4.36. The summed E-state index contributed by atoms with van der Waals surface area (Å²) in [7, 11) is 1.77.